The molecule has 0 saturated heterocycles. The molecule has 8 heteroatoms. The predicted molar refractivity (Wildman–Crippen MR) is 117 cm³/mol. The number of sulfone groups is 1. The van der Waals surface area contributed by atoms with Gasteiger partial charge in [-0.2, -0.15) is 0 Å². The number of para-hydroxylation sites is 1. The van der Waals surface area contributed by atoms with Crippen molar-refractivity contribution < 1.29 is 17.9 Å². The van der Waals surface area contributed by atoms with E-state index in [9.17, 15) is 13.2 Å². The predicted octanol–water partition coefficient (Wildman–Crippen LogP) is 4.62. The lowest BCUT2D eigenvalue weighted by atomic mass is 10.0. The van der Waals surface area contributed by atoms with Crippen molar-refractivity contribution >= 4 is 42.4 Å². The Morgan fingerprint density at radius 1 is 1.17 bits per heavy atom. The van der Waals surface area contributed by atoms with Gasteiger partial charge in [0.05, 0.1) is 28.0 Å². The molecule has 29 heavy (non-hydrogen) atoms. The average molecular weight is 433 g/mol. The summed E-state index contributed by atoms with van der Waals surface area (Å²) < 4.78 is 30.9. The Balaban J connectivity index is 1.58. The summed E-state index contributed by atoms with van der Waals surface area (Å²) in [6.45, 7) is 4.21. The number of carbonyl (C=O) groups excluding carboxylic acids is 1. The minimum atomic E-state index is -3.44. The summed E-state index contributed by atoms with van der Waals surface area (Å²) in [7, 11) is -1.91. The number of amides is 1. The van der Waals surface area contributed by atoms with Gasteiger partial charge in [0, 0.05) is 6.42 Å². The van der Waals surface area contributed by atoms with E-state index >= 15 is 0 Å². The average Bonchev–Trinajstić information content (AvgIpc) is 3.09. The van der Waals surface area contributed by atoms with Gasteiger partial charge in [0.2, 0.25) is 5.91 Å². The molecule has 1 N–H and O–H groups in total. The number of hydrogen-bond acceptors (Lipinski definition) is 6. The first-order valence-electron chi connectivity index (χ1n) is 9.36. The number of nitrogens with one attached hydrogen (secondary N) is 1. The van der Waals surface area contributed by atoms with Gasteiger partial charge in [-0.05, 0) is 48.2 Å². The number of thiazole rings is 1. The molecule has 0 atom stereocenters. The van der Waals surface area contributed by atoms with Crippen molar-refractivity contribution in [2.24, 2.45) is 0 Å². The number of fused-ring (bicyclic) bond motifs is 1. The van der Waals surface area contributed by atoms with Crippen molar-refractivity contribution in [3.63, 3.8) is 0 Å². The summed E-state index contributed by atoms with van der Waals surface area (Å²) in [4.78, 5) is 17.0. The second-order valence-electron chi connectivity index (χ2n) is 7.01. The van der Waals surface area contributed by atoms with E-state index in [0.717, 1.165) is 15.8 Å². The summed E-state index contributed by atoms with van der Waals surface area (Å²) in [6.07, 6.45) is 0.352. The van der Waals surface area contributed by atoms with Crippen LogP contribution in [0.15, 0.2) is 47.4 Å². The molecule has 3 aromatic rings. The molecular formula is C21H24N2O4S2. The van der Waals surface area contributed by atoms with Crippen LogP contribution in [-0.4, -0.2) is 32.2 Å². The largest absolute Gasteiger partial charge is 0.497 e. The molecule has 154 valence electrons. The third-order valence-corrected chi connectivity index (χ3v) is 7.31. The van der Waals surface area contributed by atoms with Crippen LogP contribution >= 0.6 is 11.3 Å². The van der Waals surface area contributed by atoms with E-state index < -0.39 is 9.84 Å². The molecular weight excluding hydrogens is 408 g/mol. The summed E-state index contributed by atoms with van der Waals surface area (Å²) in [6, 6.07) is 12.3. The number of rotatable bonds is 8. The van der Waals surface area contributed by atoms with E-state index in [1.54, 1.807) is 12.1 Å². The van der Waals surface area contributed by atoms with Crippen LogP contribution in [0.4, 0.5) is 5.13 Å². The number of hydrogen-bond donors (Lipinski definition) is 1. The molecule has 0 aliphatic carbocycles. The van der Waals surface area contributed by atoms with Crippen molar-refractivity contribution in [3.05, 3.63) is 48.0 Å². The molecule has 0 aliphatic heterocycles. The third-order valence-electron chi connectivity index (χ3n) is 4.55. The monoisotopic (exact) mass is 432 g/mol. The zero-order chi connectivity index (χ0) is 21.0. The van der Waals surface area contributed by atoms with Crippen LogP contribution in [0, 0.1) is 0 Å². The fourth-order valence-corrected chi connectivity index (χ4v) is 5.22. The fraction of sp³-hybridized carbons (Fsp3) is 0.333. The Morgan fingerprint density at radius 2 is 1.90 bits per heavy atom. The summed E-state index contributed by atoms with van der Waals surface area (Å²) in [5, 5.41) is 3.33. The van der Waals surface area contributed by atoms with E-state index in [1.807, 2.05) is 18.2 Å². The minimum absolute atomic E-state index is 0.0932. The number of anilines is 1. The van der Waals surface area contributed by atoms with Gasteiger partial charge in [-0.15, -0.1) is 0 Å². The Kier molecular flexibility index (Phi) is 6.54. The minimum Gasteiger partial charge on any atom is -0.497 e. The van der Waals surface area contributed by atoms with Crippen molar-refractivity contribution in [3.8, 4) is 5.75 Å². The highest BCUT2D eigenvalue weighted by Crippen LogP contribution is 2.31. The maximum atomic E-state index is 12.4. The standard InChI is InChI=1S/C21H24N2O4S2/c1-14(2)17-6-4-7-18-20(17)23-21(28-18)22-19(24)8-5-13-29(25,26)16-11-9-15(27-3)10-12-16/h4,6-7,9-12,14H,5,8,13H2,1-3H3,(H,22,23,24). The second-order valence-corrected chi connectivity index (χ2v) is 10.2. The topological polar surface area (TPSA) is 85.4 Å². The van der Waals surface area contributed by atoms with Gasteiger partial charge in [0.25, 0.3) is 0 Å². The number of methoxy groups -OCH3 is 1. The maximum Gasteiger partial charge on any atom is 0.226 e. The maximum absolute atomic E-state index is 12.4. The van der Waals surface area contributed by atoms with Crippen molar-refractivity contribution in [1.82, 2.24) is 4.98 Å². The molecule has 0 unspecified atom stereocenters. The van der Waals surface area contributed by atoms with Gasteiger partial charge >= 0.3 is 0 Å². The summed E-state index contributed by atoms with van der Waals surface area (Å²) in [5.74, 6) is 0.608. The van der Waals surface area contributed by atoms with E-state index in [4.69, 9.17) is 4.74 Å². The van der Waals surface area contributed by atoms with Gasteiger partial charge in [0.1, 0.15) is 5.75 Å². The molecule has 0 aliphatic rings. The number of nitrogens with zero attached hydrogens (tertiary/aromatic N) is 1. The van der Waals surface area contributed by atoms with E-state index in [-0.39, 0.29) is 29.4 Å². The molecule has 0 saturated carbocycles. The molecule has 0 fully saturated rings. The molecule has 1 heterocycles. The quantitative estimate of drug-likeness (QED) is 0.561. The first-order chi connectivity index (χ1) is 13.8. The Morgan fingerprint density at radius 3 is 2.55 bits per heavy atom. The lowest BCUT2D eigenvalue weighted by molar-refractivity contribution is -0.116. The van der Waals surface area contributed by atoms with Crippen LogP contribution in [0.5, 0.6) is 5.75 Å². The highest BCUT2D eigenvalue weighted by atomic mass is 32.2. The lowest BCUT2D eigenvalue weighted by Gasteiger charge is -2.06. The lowest BCUT2D eigenvalue weighted by Crippen LogP contribution is -2.14. The molecule has 0 spiro atoms. The molecule has 1 amide bonds. The Bertz CT molecular complexity index is 1100. The number of ether oxygens (including phenoxy) is 1. The molecule has 0 radical (unpaired) electrons. The second kappa shape index (κ2) is 8.92. The first kappa shape index (κ1) is 21.3. The van der Waals surface area contributed by atoms with Crippen molar-refractivity contribution in [2.45, 2.75) is 37.5 Å². The van der Waals surface area contributed by atoms with Gasteiger partial charge in [-0.3, -0.25) is 4.79 Å². The Labute approximate surface area is 174 Å². The van der Waals surface area contributed by atoms with Crippen molar-refractivity contribution in [1.29, 1.82) is 0 Å². The van der Waals surface area contributed by atoms with Crippen LogP contribution in [0.2, 0.25) is 0 Å². The van der Waals surface area contributed by atoms with E-state index in [1.165, 1.54) is 30.6 Å². The van der Waals surface area contributed by atoms with Gasteiger partial charge < -0.3 is 10.1 Å². The van der Waals surface area contributed by atoms with Crippen molar-refractivity contribution in [2.75, 3.05) is 18.2 Å². The van der Waals surface area contributed by atoms with Crippen LogP contribution in [0.1, 0.15) is 38.2 Å². The Hall–Kier alpha value is -2.45. The highest BCUT2D eigenvalue weighted by molar-refractivity contribution is 7.91. The zero-order valence-corrected chi connectivity index (χ0v) is 18.3. The number of carbonyl (C=O) groups is 1. The molecule has 6 nitrogen and oxygen atoms in total. The normalized spacial score (nSPS) is 11.7. The van der Waals surface area contributed by atoms with Crippen LogP contribution in [0.25, 0.3) is 10.2 Å². The molecule has 3 rings (SSSR count). The van der Waals surface area contributed by atoms with E-state index in [0.29, 0.717) is 16.8 Å². The molecule has 0 bridgehead atoms. The SMILES string of the molecule is COc1ccc(S(=O)(=O)CCCC(=O)Nc2nc3c(C(C)C)cccc3s2)cc1. The van der Waals surface area contributed by atoms with Gasteiger partial charge in [0.15, 0.2) is 15.0 Å². The van der Waals surface area contributed by atoms with Gasteiger partial charge in [-0.1, -0.05) is 37.3 Å². The number of aromatic nitrogens is 1. The molecule has 1 aromatic heterocycles. The van der Waals surface area contributed by atoms with Crippen LogP contribution in [-0.2, 0) is 14.6 Å². The van der Waals surface area contributed by atoms with Gasteiger partial charge in [-0.25, -0.2) is 13.4 Å². The van der Waals surface area contributed by atoms with Crippen LogP contribution < -0.4 is 10.1 Å². The van der Waals surface area contributed by atoms with Crippen LogP contribution in [0.3, 0.4) is 0 Å². The zero-order valence-electron chi connectivity index (χ0n) is 16.6. The third kappa shape index (κ3) is 5.13. The van der Waals surface area contributed by atoms with E-state index in [2.05, 4.69) is 24.1 Å². The highest BCUT2D eigenvalue weighted by Gasteiger charge is 2.16. The summed E-state index contributed by atoms with van der Waals surface area (Å²) in [5.41, 5.74) is 2.05. The fourth-order valence-electron chi connectivity index (χ4n) is 2.99. The number of benzene rings is 2. The first-order valence-corrected chi connectivity index (χ1v) is 11.8. The summed E-state index contributed by atoms with van der Waals surface area (Å²) >= 11 is 1.42. The molecule has 2 aromatic carbocycles. The smallest absolute Gasteiger partial charge is 0.226 e.